The van der Waals surface area contributed by atoms with Crippen LogP contribution in [0, 0.1) is 17.2 Å². The number of carbonyl (C=O) groups excluding carboxylic acids is 1. The fraction of sp³-hybridized carbons (Fsp3) is 0.360. The molecule has 4 aromatic heterocycles. The van der Waals surface area contributed by atoms with Crippen molar-refractivity contribution in [1.29, 1.82) is 5.26 Å². The van der Waals surface area contributed by atoms with Crippen molar-refractivity contribution in [1.82, 2.24) is 39.7 Å². The smallest absolute Gasteiger partial charge is 0.292 e. The number of carbonyl (C=O) groups is 1. The van der Waals surface area contributed by atoms with Crippen LogP contribution in [-0.2, 0) is 0 Å². The number of hydrogen-bond acceptors (Lipinski definition) is 11. The van der Waals surface area contributed by atoms with E-state index in [9.17, 15) is 4.79 Å². The molecule has 0 spiro atoms. The average Bonchev–Trinajstić information content (AvgIpc) is 3.36. The van der Waals surface area contributed by atoms with Crippen molar-refractivity contribution < 1.29 is 4.79 Å². The summed E-state index contributed by atoms with van der Waals surface area (Å²) in [5.74, 6) is 2.38. The van der Waals surface area contributed by atoms with Crippen molar-refractivity contribution in [2.75, 3.05) is 41.7 Å². The fourth-order valence-corrected chi connectivity index (χ4v) is 4.92. The number of hydrogen-bond donors (Lipinski definition) is 2. The molecule has 6 rings (SSSR count). The zero-order chi connectivity index (χ0) is 26.9. The molecule has 2 aliphatic rings. The molecule has 13 nitrogen and oxygen atoms in total. The molecule has 2 fully saturated rings. The van der Waals surface area contributed by atoms with Gasteiger partial charge in [-0.25, -0.2) is 4.98 Å². The summed E-state index contributed by atoms with van der Waals surface area (Å²) < 4.78 is 1.68. The van der Waals surface area contributed by atoms with Crippen molar-refractivity contribution in [2.45, 2.75) is 25.8 Å². The lowest BCUT2D eigenvalue weighted by atomic mass is 10.0. The van der Waals surface area contributed by atoms with Crippen molar-refractivity contribution in [2.24, 2.45) is 5.92 Å². The first-order valence-electron chi connectivity index (χ1n) is 12.7. The Bertz CT molecular complexity index is 1550. The van der Waals surface area contributed by atoms with Gasteiger partial charge in [-0.1, -0.05) is 18.5 Å². The highest BCUT2D eigenvalue weighted by molar-refractivity contribution is 6.32. The van der Waals surface area contributed by atoms with E-state index in [2.05, 4.69) is 52.8 Å². The van der Waals surface area contributed by atoms with Gasteiger partial charge in [-0.15, -0.1) is 20.4 Å². The highest BCUT2D eigenvalue weighted by Gasteiger charge is 2.30. The van der Waals surface area contributed by atoms with Gasteiger partial charge in [-0.2, -0.15) is 10.2 Å². The van der Waals surface area contributed by atoms with Gasteiger partial charge >= 0.3 is 0 Å². The van der Waals surface area contributed by atoms with Crippen LogP contribution in [0.15, 0.2) is 36.7 Å². The van der Waals surface area contributed by atoms with E-state index < -0.39 is 0 Å². The second-order valence-corrected chi connectivity index (χ2v) is 10.2. The SMILES string of the molecule is CC1CN(C(=O)c2nnc3cc(Nc4ncc(Cl)c(NC5CCN(c6ccc(C#N)nn6)CC5)n4)ccn23)C1. The van der Waals surface area contributed by atoms with Crippen LogP contribution in [0.5, 0.6) is 0 Å². The van der Waals surface area contributed by atoms with Gasteiger partial charge in [0.05, 0.1) is 6.20 Å². The van der Waals surface area contributed by atoms with Gasteiger partial charge in [-0.05, 0) is 37.0 Å². The number of nitrogens with one attached hydrogen (secondary N) is 2. The Kier molecular flexibility index (Phi) is 6.54. The van der Waals surface area contributed by atoms with Crippen LogP contribution in [0.25, 0.3) is 5.65 Å². The summed E-state index contributed by atoms with van der Waals surface area (Å²) in [6.45, 7) is 5.16. The van der Waals surface area contributed by atoms with Crippen LogP contribution in [0.1, 0.15) is 36.1 Å². The number of halogens is 1. The number of fused-ring (bicyclic) bond motifs is 1. The zero-order valence-electron chi connectivity index (χ0n) is 21.1. The summed E-state index contributed by atoms with van der Waals surface area (Å²) in [6, 6.07) is 9.26. The number of aromatic nitrogens is 7. The maximum atomic E-state index is 12.7. The average molecular weight is 545 g/mol. The first-order valence-corrected chi connectivity index (χ1v) is 13.0. The molecule has 0 atom stereocenters. The lowest BCUT2D eigenvalue weighted by Crippen LogP contribution is -2.49. The van der Waals surface area contributed by atoms with Crippen LogP contribution in [0.2, 0.25) is 5.02 Å². The summed E-state index contributed by atoms with van der Waals surface area (Å²) in [5.41, 5.74) is 1.55. The number of nitrogens with zero attached hydrogens (tertiary/aromatic N) is 10. The molecule has 1 amide bonds. The second kappa shape index (κ2) is 10.3. The van der Waals surface area contributed by atoms with Crippen molar-refractivity contribution >= 4 is 46.4 Å². The van der Waals surface area contributed by atoms with Crippen LogP contribution < -0.4 is 15.5 Å². The van der Waals surface area contributed by atoms with Crippen LogP contribution in [0.3, 0.4) is 0 Å². The Hall–Kier alpha value is -4.57. The lowest BCUT2D eigenvalue weighted by Gasteiger charge is -2.36. The molecule has 0 aromatic carbocycles. The third-order valence-electron chi connectivity index (χ3n) is 6.88. The first-order chi connectivity index (χ1) is 19.0. The van der Waals surface area contributed by atoms with Crippen molar-refractivity contribution in [3.63, 3.8) is 0 Å². The summed E-state index contributed by atoms with van der Waals surface area (Å²) in [6.07, 6.45) is 5.02. The monoisotopic (exact) mass is 544 g/mol. The normalized spacial score (nSPS) is 16.1. The van der Waals surface area contributed by atoms with Gasteiger partial charge in [0, 0.05) is 50.2 Å². The highest BCUT2D eigenvalue weighted by atomic mass is 35.5. The van der Waals surface area contributed by atoms with E-state index in [0.717, 1.165) is 44.8 Å². The molecule has 6 heterocycles. The highest BCUT2D eigenvalue weighted by Crippen LogP contribution is 2.26. The molecule has 0 aliphatic carbocycles. The first kappa shape index (κ1) is 24.7. The van der Waals surface area contributed by atoms with E-state index in [-0.39, 0.29) is 11.9 Å². The molecular weight excluding hydrogens is 520 g/mol. The topological polar surface area (TPSA) is 153 Å². The standard InChI is InChI=1S/C25H25ClN12O/c1-15-13-37(14-15)24(39)23-35-34-21-10-17(6-9-38(21)23)30-25-28-12-19(26)22(31-25)29-16-4-7-36(8-5-16)20-3-2-18(11-27)32-33-20/h2-3,6,9-10,12,15-16H,4-5,7-8,13-14H2,1H3,(H2,28,29,30,31). The lowest BCUT2D eigenvalue weighted by molar-refractivity contribution is 0.0516. The minimum Gasteiger partial charge on any atom is -0.366 e. The molecule has 2 N–H and O–H groups in total. The van der Waals surface area contributed by atoms with E-state index in [0.29, 0.717) is 45.6 Å². The minimum absolute atomic E-state index is 0.117. The van der Waals surface area contributed by atoms with E-state index in [1.165, 1.54) is 0 Å². The summed E-state index contributed by atoms with van der Waals surface area (Å²) in [5, 5.41) is 32.3. The summed E-state index contributed by atoms with van der Waals surface area (Å²) in [4.78, 5) is 25.5. The number of likely N-dealkylation sites (tertiary alicyclic amines) is 1. The predicted molar refractivity (Wildman–Crippen MR) is 144 cm³/mol. The van der Waals surface area contributed by atoms with Crippen LogP contribution >= 0.6 is 11.6 Å². The van der Waals surface area contributed by atoms with E-state index in [4.69, 9.17) is 16.9 Å². The van der Waals surface area contributed by atoms with Gasteiger partial charge in [-0.3, -0.25) is 9.20 Å². The van der Waals surface area contributed by atoms with E-state index >= 15 is 0 Å². The van der Waals surface area contributed by atoms with Gasteiger partial charge in [0.25, 0.3) is 5.91 Å². The van der Waals surface area contributed by atoms with E-state index in [1.807, 2.05) is 18.2 Å². The number of anilines is 4. The quantitative estimate of drug-likeness (QED) is 0.368. The molecule has 39 heavy (non-hydrogen) atoms. The van der Waals surface area contributed by atoms with Gasteiger partial charge in [0.2, 0.25) is 11.8 Å². The number of amides is 1. The van der Waals surface area contributed by atoms with Gasteiger partial charge in [0.1, 0.15) is 11.1 Å². The largest absolute Gasteiger partial charge is 0.366 e. The molecule has 0 radical (unpaired) electrons. The number of pyridine rings is 1. The third-order valence-corrected chi connectivity index (χ3v) is 7.15. The van der Waals surface area contributed by atoms with Gasteiger partial charge < -0.3 is 20.4 Å². The molecule has 0 bridgehead atoms. The number of rotatable bonds is 6. The molecule has 14 heteroatoms. The molecule has 2 aliphatic heterocycles. The molecule has 4 aromatic rings. The molecule has 0 saturated carbocycles. The Morgan fingerprint density at radius 2 is 1.95 bits per heavy atom. The van der Waals surface area contributed by atoms with Crippen LogP contribution in [0.4, 0.5) is 23.3 Å². The molecule has 198 valence electrons. The predicted octanol–water partition coefficient (Wildman–Crippen LogP) is 2.75. The zero-order valence-corrected chi connectivity index (χ0v) is 21.9. The summed E-state index contributed by atoms with van der Waals surface area (Å²) >= 11 is 6.41. The maximum absolute atomic E-state index is 12.7. The third kappa shape index (κ3) is 5.10. The maximum Gasteiger partial charge on any atom is 0.292 e. The fourth-order valence-electron chi connectivity index (χ4n) is 4.78. The van der Waals surface area contributed by atoms with Crippen molar-refractivity contribution in [3.8, 4) is 6.07 Å². The number of piperidine rings is 1. The molecule has 0 unspecified atom stereocenters. The van der Waals surface area contributed by atoms with Gasteiger partial charge in [0.15, 0.2) is 23.0 Å². The summed E-state index contributed by atoms with van der Waals surface area (Å²) in [7, 11) is 0. The Morgan fingerprint density at radius 3 is 2.67 bits per heavy atom. The van der Waals surface area contributed by atoms with Crippen molar-refractivity contribution in [3.05, 3.63) is 53.2 Å². The van der Waals surface area contributed by atoms with Crippen LogP contribution in [-0.4, -0.2) is 77.8 Å². The van der Waals surface area contributed by atoms with E-state index in [1.54, 1.807) is 33.8 Å². The Balaban J connectivity index is 1.10. The Labute approximate surface area is 228 Å². The molecular formula is C25H25ClN12O. The number of nitriles is 1. The second-order valence-electron chi connectivity index (χ2n) is 9.79. The Morgan fingerprint density at radius 1 is 1.13 bits per heavy atom. The minimum atomic E-state index is -0.117. The molecule has 2 saturated heterocycles.